The highest BCUT2D eigenvalue weighted by atomic mass is 16.6. The van der Waals surface area contributed by atoms with Gasteiger partial charge in [0.1, 0.15) is 17.7 Å². The van der Waals surface area contributed by atoms with E-state index < -0.39 is 41.4 Å². The molecule has 212 valence electrons. The Labute approximate surface area is 238 Å². The van der Waals surface area contributed by atoms with Crippen molar-refractivity contribution in [3.05, 3.63) is 77.4 Å². The van der Waals surface area contributed by atoms with E-state index in [4.69, 9.17) is 4.74 Å². The molecule has 0 saturated heterocycles. The predicted octanol–water partition coefficient (Wildman–Crippen LogP) is 3.61. The summed E-state index contributed by atoms with van der Waals surface area (Å²) in [4.78, 5) is 66.6. The fourth-order valence-corrected chi connectivity index (χ4v) is 5.53. The van der Waals surface area contributed by atoms with Crippen LogP contribution in [0.5, 0.6) is 0 Å². The number of imide groups is 1. The molecular formula is C32H33N3O6. The van der Waals surface area contributed by atoms with E-state index in [0.29, 0.717) is 24.1 Å². The summed E-state index contributed by atoms with van der Waals surface area (Å²) in [5.41, 5.74) is 2.19. The van der Waals surface area contributed by atoms with E-state index >= 15 is 0 Å². The third-order valence-corrected chi connectivity index (χ3v) is 7.29. The third kappa shape index (κ3) is 5.99. The summed E-state index contributed by atoms with van der Waals surface area (Å²) >= 11 is 0. The topological polar surface area (TPSA) is 122 Å². The maximum Gasteiger partial charge on any atom is 0.306 e. The molecule has 3 aromatic carbocycles. The minimum Gasteiger partial charge on any atom is -0.460 e. The number of fused-ring (bicyclic) bond motifs is 1. The van der Waals surface area contributed by atoms with Gasteiger partial charge in [-0.05, 0) is 61.6 Å². The molecule has 0 radical (unpaired) electrons. The normalized spacial score (nSPS) is 17.9. The first kappa shape index (κ1) is 28.0. The van der Waals surface area contributed by atoms with Crippen LogP contribution in [0.15, 0.2) is 60.7 Å². The predicted molar refractivity (Wildman–Crippen MR) is 153 cm³/mol. The molecule has 0 bridgehead atoms. The fraction of sp³-hybridized carbons (Fsp3) is 0.344. The lowest BCUT2D eigenvalue weighted by atomic mass is 10.0. The lowest BCUT2D eigenvalue weighted by molar-refractivity contribution is -0.156. The van der Waals surface area contributed by atoms with E-state index in [1.807, 2.05) is 48.5 Å². The summed E-state index contributed by atoms with van der Waals surface area (Å²) in [5.74, 6) is -2.56. The Kier molecular flexibility index (Phi) is 7.62. The molecule has 2 N–H and O–H groups in total. The van der Waals surface area contributed by atoms with Gasteiger partial charge in [0.2, 0.25) is 17.7 Å². The lowest BCUT2D eigenvalue weighted by Gasteiger charge is -2.27. The van der Waals surface area contributed by atoms with E-state index in [-0.39, 0.29) is 25.2 Å². The lowest BCUT2D eigenvalue weighted by Crippen LogP contribution is -2.55. The van der Waals surface area contributed by atoms with Crippen molar-refractivity contribution in [1.82, 2.24) is 10.6 Å². The zero-order valence-electron chi connectivity index (χ0n) is 23.4. The van der Waals surface area contributed by atoms with Gasteiger partial charge in [0.15, 0.2) is 0 Å². The molecular weight excluding hydrogens is 522 g/mol. The first-order chi connectivity index (χ1) is 19.5. The molecule has 2 aliphatic heterocycles. The number of esters is 1. The summed E-state index contributed by atoms with van der Waals surface area (Å²) in [6.45, 7) is 5.20. The van der Waals surface area contributed by atoms with Gasteiger partial charge in [0, 0.05) is 18.4 Å². The maximum absolute atomic E-state index is 13.9. The second-order valence-corrected chi connectivity index (χ2v) is 11.4. The highest BCUT2D eigenvalue weighted by Gasteiger charge is 2.44. The van der Waals surface area contributed by atoms with Crippen molar-refractivity contribution in [3.63, 3.8) is 0 Å². The standard InChI is InChI=1S/C32H33N3O6/c1-32(2,3)41-27(37)17-16-26(36)34-30(39)25-18-21-11-6-10-20-14-15-24(31(40)35(25)28(20)21)33-29(38)23-13-7-9-19-8-4-5-12-22(19)23/h4-13,24-25H,14-18H2,1-3H3,(H,33,38)(H,34,36,39). The molecule has 3 aromatic rings. The van der Waals surface area contributed by atoms with E-state index in [0.717, 1.165) is 21.9 Å². The molecule has 0 saturated carbocycles. The minimum absolute atomic E-state index is 0.170. The van der Waals surface area contributed by atoms with Gasteiger partial charge in [-0.2, -0.15) is 0 Å². The number of hydrogen-bond acceptors (Lipinski definition) is 6. The number of nitrogens with one attached hydrogen (secondary N) is 2. The summed E-state index contributed by atoms with van der Waals surface area (Å²) < 4.78 is 5.23. The van der Waals surface area contributed by atoms with Crippen LogP contribution in [0.25, 0.3) is 10.8 Å². The largest absolute Gasteiger partial charge is 0.460 e. The van der Waals surface area contributed by atoms with E-state index in [2.05, 4.69) is 10.6 Å². The van der Waals surface area contributed by atoms with Crippen LogP contribution in [0, 0.1) is 0 Å². The van der Waals surface area contributed by atoms with Gasteiger partial charge in [-0.1, -0.05) is 54.6 Å². The molecule has 0 aliphatic carbocycles. The number of nitrogens with zero attached hydrogens (tertiary/aromatic N) is 1. The maximum atomic E-state index is 13.9. The molecule has 0 aromatic heterocycles. The van der Waals surface area contributed by atoms with Gasteiger partial charge in [-0.3, -0.25) is 34.2 Å². The van der Waals surface area contributed by atoms with Crippen molar-refractivity contribution < 1.29 is 28.7 Å². The molecule has 41 heavy (non-hydrogen) atoms. The second kappa shape index (κ2) is 11.2. The fourth-order valence-electron chi connectivity index (χ4n) is 5.53. The summed E-state index contributed by atoms with van der Waals surface area (Å²) in [7, 11) is 0. The highest BCUT2D eigenvalue weighted by Crippen LogP contribution is 2.39. The molecule has 4 amide bonds. The Hall–Kier alpha value is -4.53. The number of hydrogen-bond donors (Lipinski definition) is 2. The van der Waals surface area contributed by atoms with Crippen LogP contribution in [0.1, 0.15) is 61.5 Å². The SMILES string of the molecule is CC(C)(C)OC(=O)CCC(=O)NC(=O)C1Cc2cccc3c2N1C(=O)C(NC(=O)c1cccc2ccccc12)CC3. The number of anilines is 1. The van der Waals surface area contributed by atoms with E-state index in [1.165, 1.54) is 4.90 Å². The van der Waals surface area contributed by atoms with Crippen molar-refractivity contribution >= 4 is 46.1 Å². The van der Waals surface area contributed by atoms with Crippen LogP contribution in [-0.4, -0.2) is 47.3 Å². The average Bonchev–Trinajstić information content (AvgIpc) is 3.26. The number of para-hydroxylation sites is 1. The van der Waals surface area contributed by atoms with Crippen molar-refractivity contribution in [3.8, 4) is 0 Å². The minimum atomic E-state index is -0.959. The van der Waals surface area contributed by atoms with Gasteiger partial charge >= 0.3 is 5.97 Å². The van der Waals surface area contributed by atoms with E-state index in [1.54, 1.807) is 32.9 Å². The van der Waals surface area contributed by atoms with Crippen molar-refractivity contribution in [2.24, 2.45) is 0 Å². The van der Waals surface area contributed by atoms with Gasteiger partial charge in [0.25, 0.3) is 5.91 Å². The van der Waals surface area contributed by atoms with Gasteiger partial charge in [-0.15, -0.1) is 0 Å². The average molecular weight is 556 g/mol. The Morgan fingerprint density at radius 1 is 0.927 bits per heavy atom. The number of rotatable bonds is 6. The number of amides is 4. The molecule has 9 nitrogen and oxygen atoms in total. The first-order valence-corrected chi connectivity index (χ1v) is 13.8. The molecule has 2 unspecified atom stereocenters. The van der Waals surface area contributed by atoms with Crippen LogP contribution < -0.4 is 15.5 Å². The molecule has 2 aliphatic rings. The molecule has 9 heteroatoms. The number of carbonyl (C=O) groups is 5. The smallest absolute Gasteiger partial charge is 0.306 e. The van der Waals surface area contributed by atoms with Crippen LogP contribution in [0.3, 0.4) is 0 Å². The number of aryl methyl sites for hydroxylation is 1. The third-order valence-electron chi connectivity index (χ3n) is 7.29. The van der Waals surface area contributed by atoms with Gasteiger partial charge in [-0.25, -0.2) is 0 Å². The summed E-state index contributed by atoms with van der Waals surface area (Å²) in [6.07, 6.45) is 0.754. The molecule has 0 fully saturated rings. The van der Waals surface area contributed by atoms with Crippen LogP contribution >= 0.6 is 0 Å². The number of carbonyl (C=O) groups excluding carboxylic acids is 5. The zero-order valence-corrected chi connectivity index (χ0v) is 23.4. The molecule has 0 spiro atoms. The Balaban J connectivity index is 1.33. The van der Waals surface area contributed by atoms with Crippen molar-refractivity contribution in [2.45, 2.75) is 70.6 Å². The summed E-state index contributed by atoms with van der Waals surface area (Å²) in [5, 5.41) is 6.96. The van der Waals surface area contributed by atoms with Crippen molar-refractivity contribution in [2.75, 3.05) is 4.90 Å². The second-order valence-electron chi connectivity index (χ2n) is 11.4. The van der Waals surface area contributed by atoms with E-state index in [9.17, 15) is 24.0 Å². The van der Waals surface area contributed by atoms with Crippen molar-refractivity contribution in [1.29, 1.82) is 0 Å². The molecule has 2 heterocycles. The Morgan fingerprint density at radius 2 is 1.63 bits per heavy atom. The molecule has 2 atom stereocenters. The zero-order chi connectivity index (χ0) is 29.3. The molecule has 5 rings (SSSR count). The number of ether oxygens (including phenoxy) is 1. The van der Waals surface area contributed by atoms with Gasteiger partial charge < -0.3 is 10.1 Å². The van der Waals surface area contributed by atoms with Crippen LogP contribution in [0.2, 0.25) is 0 Å². The van der Waals surface area contributed by atoms with Gasteiger partial charge in [0.05, 0.1) is 12.1 Å². The summed E-state index contributed by atoms with van der Waals surface area (Å²) in [6, 6.07) is 16.8. The Morgan fingerprint density at radius 3 is 2.41 bits per heavy atom. The van der Waals surface area contributed by atoms with Crippen LogP contribution in [0.4, 0.5) is 5.69 Å². The number of benzene rings is 3. The quantitative estimate of drug-likeness (QED) is 0.448. The Bertz CT molecular complexity index is 1550. The van der Waals surface area contributed by atoms with Crippen LogP contribution in [-0.2, 0) is 36.8 Å². The first-order valence-electron chi connectivity index (χ1n) is 13.8. The monoisotopic (exact) mass is 555 g/mol. The highest BCUT2D eigenvalue weighted by molar-refractivity contribution is 6.12.